The molecule has 0 aromatic carbocycles. The summed E-state index contributed by atoms with van der Waals surface area (Å²) in [6.07, 6.45) is -0.503. The Morgan fingerprint density at radius 2 is 2.17 bits per heavy atom. The lowest BCUT2D eigenvalue weighted by atomic mass is 9.55. The number of ether oxygens (including phenoxy) is 2. The predicted molar refractivity (Wildman–Crippen MR) is 80.1 cm³/mol. The fraction of sp³-hybridized carbons (Fsp3) is 0.647. The van der Waals surface area contributed by atoms with Crippen LogP contribution in [0.15, 0.2) is 23.3 Å². The molecule has 3 aliphatic rings. The summed E-state index contributed by atoms with van der Waals surface area (Å²) in [5.41, 5.74) is 1.30. The van der Waals surface area contributed by atoms with Crippen LogP contribution in [0.4, 0.5) is 0 Å². The van der Waals surface area contributed by atoms with Crippen molar-refractivity contribution in [3.63, 3.8) is 0 Å². The standard InChI is InChI=1S/C17H22O6/c1-8-12(19)6-13(20)17(3)5-4-10-11(7-22-9(2)18)16(21)23-15(10)14(8)17/h12-15,19-20H,1,4-7H2,2-3H3/t12-,13+,14+,15-,17-/m0/s1. The van der Waals surface area contributed by atoms with Crippen molar-refractivity contribution in [2.75, 3.05) is 6.61 Å². The molecule has 5 atom stereocenters. The van der Waals surface area contributed by atoms with Gasteiger partial charge in [-0.1, -0.05) is 13.5 Å². The molecule has 0 unspecified atom stereocenters. The SMILES string of the molecule is C=C1[C@@H]2[C@H]3OC(=O)C(COC(C)=O)=C3CC[C@@]2(C)[C@H](O)C[C@@H]1O. The minimum atomic E-state index is -0.807. The number of carbonyl (C=O) groups is 2. The summed E-state index contributed by atoms with van der Waals surface area (Å²) in [6, 6.07) is 0. The Labute approximate surface area is 134 Å². The highest BCUT2D eigenvalue weighted by Crippen LogP contribution is 2.56. The van der Waals surface area contributed by atoms with Gasteiger partial charge in [0.1, 0.15) is 12.7 Å². The molecule has 0 saturated heterocycles. The van der Waals surface area contributed by atoms with Crippen LogP contribution in [0.2, 0.25) is 0 Å². The monoisotopic (exact) mass is 322 g/mol. The summed E-state index contributed by atoms with van der Waals surface area (Å²) in [6.45, 7) is 7.13. The normalized spacial score (nSPS) is 39.7. The molecule has 2 fully saturated rings. The first-order chi connectivity index (χ1) is 10.8. The lowest BCUT2D eigenvalue weighted by Gasteiger charge is -2.52. The molecule has 126 valence electrons. The van der Waals surface area contributed by atoms with E-state index in [2.05, 4.69) is 6.58 Å². The van der Waals surface area contributed by atoms with Gasteiger partial charge < -0.3 is 19.7 Å². The van der Waals surface area contributed by atoms with Crippen LogP contribution in [0, 0.1) is 11.3 Å². The minimum Gasteiger partial charge on any atom is -0.461 e. The van der Waals surface area contributed by atoms with E-state index < -0.39 is 35.7 Å². The van der Waals surface area contributed by atoms with Crippen molar-refractivity contribution >= 4 is 11.9 Å². The molecular formula is C17H22O6. The fourth-order valence-electron chi connectivity index (χ4n) is 4.18. The predicted octanol–water partition coefficient (Wildman–Crippen LogP) is 0.869. The van der Waals surface area contributed by atoms with Gasteiger partial charge in [-0.25, -0.2) is 4.79 Å². The number of esters is 2. The van der Waals surface area contributed by atoms with Crippen molar-refractivity contribution in [1.82, 2.24) is 0 Å². The topological polar surface area (TPSA) is 93.1 Å². The van der Waals surface area contributed by atoms with Crippen LogP contribution in [-0.2, 0) is 19.1 Å². The Bertz CT molecular complexity index is 606. The second-order valence-corrected chi connectivity index (χ2v) is 6.94. The first-order valence-corrected chi connectivity index (χ1v) is 7.86. The van der Waals surface area contributed by atoms with Crippen molar-refractivity contribution in [3.8, 4) is 0 Å². The van der Waals surface area contributed by atoms with E-state index in [0.717, 1.165) is 5.57 Å². The van der Waals surface area contributed by atoms with Crippen molar-refractivity contribution < 1.29 is 29.3 Å². The highest BCUT2D eigenvalue weighted by Gasteiger charge is 2.57. The van der Waals surface area contributed by atoms with Crippen LogP contribution >= 0.6 is 0 Å². The first-order valence-electron chi connectivity index (χ1n) is 7.86. The van der Waals surface area contributed by atoms with Gasteiger partial charge in [-0.2, -0.15) is 0 Å². The number of rotatable bonds is 2. The molecule has 0 bridgehead atoms. The quantitative estimate of drug-likeness (QED) is 0.579. The molecule has 6 nitrogen and oxygen atoms in total. The van der Waals surface area contributed by atoms with Gasteiger partial charge >= 0.3 is 11.9 Å². The van der Waals surface area contributed by atoms with Gasteiger partial charge in [-0.15, -0.1) is 0 Å². The summed E-state index contributed by atoms with van der Waals surface area (Å²) in [5, 5.41) is 20.6. The number of hydrogen-bond acceptors (Lipinski definition) is 6. The van der Waals surface area contributed by atoms with Crippen LogP contribution < -0.4 is 0 Å². The molecule has 0 aromatic heterocycles. The maximum Gasteiger partial charge on any atom is 0.338 e. The Morgan fingerprint density at radius 3 is 2.83 bits per heavy atom. The summed E-state index contributed by atoms with van der Waals surface area (Å²) in [7, 11) is 0. The van der Waals surface area contributed by atoms with Gasteiger partial charge in [0.25, 0.3) is 0 Å². The first kappa shape index (κ1) is 16.2. The van der Waals surface area contributed by atoms with E-state index in [0.29, 0.717) is 24.0 Å². The Kier molecular flexibility index (Phi) is 3.84. The van der Waals surface area contributed by atoms with Gasteiger partial charge in [-0.05, 0) is 24.0 Å². The van der Waals surface area contributed by atoms with Crippen molar-refractivity contribution in [3.05, 3.63) is 23.3 Å². The zero-order valence-corrected chi connectivity index (χ0v) is 13.4. The Balaban J connectivity index is 1.96. The van der Waals surface area contributed by atoms with Gasteiger partial charge in [0.2, 0.25) is 0 Å². The fourth-order valence-corrected chi connectivity index (χ4v) is 4.18. The average Bonchev–Trinajstić information content (AvgIpc) is 2.78. The Morgan fingerprint density at radius 1 is 1.48 bits per heavy atom. The van der Waals surface area contributed by atoms with E-state index in [1.165, 1.54) is 6.92 Å². The third-order valence-corrected chi connectivity index (χ3v) is 5.61. The molecular weight excluding hydrogens is 300 g/mol. The van der Waals surface area contributed by atoms with Crippen LogP contribution in [-0.4, -0.2) is 47.1 Å². The minimum absolute atomic E-state index is 0.0962. The molecule has 0 radical (unpaired) electrons. The molecule has 2 saturated carbocycles. The average molecular weight is 322 g/mol. The highest BCUT2D eigenvalue weighted by atomic mass is 16.6. The molecule has 23 heavy (non-hydrogen) atoms. The third-order valence-electron chi connectivity index (χ3n) is 5.61. The summed E-state index contributed by atoms with van der Waals surface area (Å²) in [4.78, 5) is 23.2. The molecule has 0 spiro atoms. The van der Waals surface area contributed by atoms with Crippen LogP contribution in [0.25, 0.3) is 0 Å². The maximum absolute atomic E-state index is 12.2. The molecule has 0 amide bonds. The number of aliphatic hydroxyl groups is 2. The van der Waals surface area contributed by atoms with E-state index in [9.17, 15) is 19.8 Å². The van der Waals surface area contributed by atoms with Gasteiger partial charge in [0.05, 0.1) is 17.8 Å². The van der Waals surface area contributed by atoms with Gasteiger partial charge in [0, 0.05) is 24.7 Å². The largest absolute Gasteiger partial charge is 0.461 e. The number of hydrogen-bond donors (Lipinski definition) is 2. The molecule has 1 heterocycles. The molecule has 1 aliphatic heterocycles. The highest BCUT2D eigenvalue weighted by molar-refractivity contribution is 5.93. The number of fused-ring (bicyclic) bond motifs is 3. The second kappa shape index (κ2) is 5.46. The van der Waals surface area contributed by atoms with Gasteiger partial charge in [0.15, 0.2) is 0 Å². The van der Waals surface area contributed by atoms with E-state index in [-0.39, 0.29) is 18.9 Å². The lowest BCUT2D eigenvalue weighted by Crippen LogP contribution is -2.55. The second-order valence-electron chi connectivity index (χ2n) is 6.94. The maximum atomic E-state index is 12.2. The van der Waals surface area contributed by atoms with Crippen LogP contribution in [0.1, 0.15) is 33.1 Å². The zero-order valence-electron chi connectivity index (χ0n) is 13.4. The van der Waals surface area contributed by atoms with E-state index in [4.69, 9.17) is 9.47 Å². The third kappa shape index (κ3) is 2.40. The molecule has 6 heteroatoms. The number of carbonyl (C=O) groups excluding carboxylic acids is 2. The molecule has 2 aliphatic carbocycles. The van der Waals surface area contributed by atoms with E-state index in [1.54, 1.807) is 0 Å². The summed E-state index contributed by atoms with van der Waals surface area (Å²) >= 11 is 0. The van der Waals surface area contributed by atoms with Crippen LogP contribution in [0.3, 0.4) is 0 Å². The van der Waals surface area contributed by atoms with Crippen molar-refractivity contribution in [2.45, 2.75) is 51.4 Å². The number of aliphatic hydroxyl groups excluding tert-OH is 2. The van der Waals surface area contributed by atoms with E-state index >= 15 is 0 Å². The smallest absolute Gasteiger partial charge is 0.338 e. The lowest BCUT2D eigenvalue weighted by molar-refractivity contribution is -0.151. The Hall–Kier alpha value is -1.66. The molecule has 2 N–H and O–H groups in total. The van der Waals surface area contributed by atoms with E-state index in [1.807, 2.05) is 6.92 Å². The molecule has 0 aromatic rings. The van der Waals surface area contributed by atoms with Crippen molar-refractivity contribution in [2.24, 2.45) is 11.3 Å². The summed E-state index contributed by atoms with van der Waals surface area (Å²) in [5.74, 6) is -1.27. The van der Waals surface area contributed by atoms with Gasteiger partial charge in [-0.3, -0.25) is 4.79 Å². The van der Waals surface area contributed by atoms with Crippen LogP contribution in [0.5, 0.6) is 0 Å². The zero-order chi connectivity index (χ0) is 16.9. The molecule has 3 rings (SSSR count). The summed E-state index contributed by atoms with van der Waals surface area (Å²) < 4.78 is 10.5. The van der Waals surface area contributed by atoms with Crippen molar-refractivity contribution in [1.29, 1.82) is 0 Å².